The summed E-state index contributed by atoms with van der Waals surface area (Å²) < 4.78 is 0. The van der Waals surface area contributed by atoms with Crippen molar-refractivity contribution in [3.05, 3.63) is 0 Å². The average molecular weight is 203 g/mol. The van der Waals surface area contributed by atoms with E-state index in [1.54, 1.807) is 6.92 Å². The maximum absolute atomic E-state index is 11.1. The van der Waals surface area contributed by atoms with Gasteiger partial charge in [-0.15, -0.1) is 0 Å². The van der Waals surface area contributed by atoms with Crippen molar-refractivity contribution in [1.29, 1.82) is 0 Å². The number of hydrogen-bond acceptors (Lipinski definition) is 3. The Labute approximate surface area is 85.3 Å². The van der Waals surface area contributed by atoms with Gasteiger partial charge < -0.3 is 15.5 Å². The molecule has 0 spiro atoms. The van der Waals surface area contributed by atoms with Crippen LogP contribution < -0.4 is 5.32 Å². The second-order valence-electron chi connectivity index (χ2n) is 3.63. The number of aliphatic hydroxyl groups is 2. The molecule has 2 unspecified atom stereocenters. The van der Waals surface area contributed by atoms with E-state index >= 15 is 0 Å². The minimum atomic E-state index is -0.449. The van der Waals surface area contributed by atoms with E-state index in [4.69, 9.17) is 5.11 Å². The summed E-state index contributed by atoms with van der Waals surface area (Å²) in [5.74, 6) is -0.110. The van der Waals surface area contributed by atoms with E-state index in [2.05, 4.69) is 5.32 Å². The van der Waals surface area contributed by atoms with Crippen LogP contribution in [0.15, 0.2) is 0 Å². The van der Waals surface area contributed by atoms with Crippen molar-refractivity contribution >= 4 is 5.91 Å². The number of nitrogens with one attached hydrogen (secondary N) is 1. The molecule has 4 heteroatoms. The lowest BCUT2D eigenvalue weighted by atomic mass is 10.2. The highest BCUT2D eigenvalue weighted by molar-refractivity contribution is 5.75. The summed E-state index contributed by atoms with van der Waals surface area (Å²) in [5, 5.41) is 20.9. The standard InChI is InChI=1S/C10H21NO3/c1-3-4-9(13)7-11-10(14)6-5-8(2)12/h8-9,12-13H,3-7H2,1-2H3,(H,11,14). The summed E-state index contributed by atoms with van der Waals surface area (Å²) >= 11 is 0. The Morgan fingerprint density at radius 2 is 2.00 bits per heavy atom. The second kappa shape index (κ2) is 7.76. The summed E-state index contributed by atoms with van der Waals surface area (Å²) in [7, 11) is 0. The van der Waals surface area contributed by atoms with E-state index in [1.165, 1.54) is 0 Å². The van der Waals surface area contributed by atoms with Crippen molar-refractivity contribution in [2.24, 2.45) is 0 Å². The van der Waals surface area contributed by atoms with Gasteiger partial charge >= 0.3 is 0 Å². The molecule has 0 saturated heterocycles. The fourth-order valence-electron chi connectivity index (χ4n) is 1.10. The largest absolute Gasteiger partial charge is 0.393 e. The molecule has 0 aliphatic heterocycles. The SMILES string of the molecule is CCCC(O)CNC(=O)CCC(C)O. The van der Waals surface area contributed by atoms with Gasteiger partial charge in [0.25, 0.3) is 0 Å². The van der Waals surface area contributed by atoms with Crippen LogP contribution in [-0.4, -0.2) is 34.9 Å². The average Bonchev–Trinajstić information content (AvgIpc) is 2.12. The lowest BCUT2D eigenvalue weighted by molar-refractivity contribution is -0.122. The van der Waals surface area contributed by atoms with Crippen LogP contribution in [0.3, 0.4) is 0 Å². The molecule has 0 aliphatic carbocycles. The summed E-state index contributed by atoms with van der Waals surface area (Å²) in [6, 6.07) is 0. The molecule has 0 aromatic rings. The Balaban J connectivity index is 3.43. The van der Waals surface area contributed by atoms with Crippen LogP contribution in [0.1, 0.15) is 39.5 Å². The zero-order valence-corrected chi connectivity index (χ0v) is 8.99. The van der Waals surface area contributed by atoms with Crippen LogP contribution in [0.2, 0.25) is 0 Å². The molecule has 84 valence electrons. The Bertz CT molecular complexity index is 159. The first-order valence-corrected chi connectivity index (χ1v) is 5.19. The minimum absolute atomic E-state index is 0.110. The topological polar surface area (TPSA) is 69.6 Å². The summed E-state index contributed by atoms with van der Waals surface area (Å²) in [6.07, 6.45) is 1.50. The molecule has 0 aromatic heterocycles. The zero-order chi connectivity index (χ0) is 11.0. The van der Waals surface area contributed by atoms with Gasteiger partial charge in [-0.3, -0.25) is 4.79 Å². The molecule has 0 aliphatic rings. The van der Waals surface area contributed by atoms with E-state index in [-0.39, 0.29) is 5.91 Å². The predicted molar refractivity (Wildman–Crippen MR) is 54.8 cm³/mol. The Kier molecular flexibility index (Phi) is 7.42. The van der Waals surface area contributed by atoms with Gasteiger partial charge in [0.1, 0.15) is 0 Å². The first-order chi connectivity index (χ1) is 6.56. The molecule has 0 aromatic carbocycles. The number of hydrogen-bond donors (Lipinski definition) is 3. The highest BCUT2D eigenvalue weighted by atomic mass is 16.3. The molecule has 3 N–H and O–H groups in total. The van der Waals surface area contributed by atoms with Gasteiger partial charge in [-0.25, -0.2) is 0 Å². The summed E-state index contributed by atoms with van der Waals surface area (Å²) in [4.78, 5) is 11.1. The van der Waals surface area contributed by atoms with Gasteiger partial charge in [-0.2, -0.15) is 0 Å². The second-order valence-corrected chi connectivity index (χ2v) is 3.63. The third kappa shape index (κ3) is 8.01. The number of aliphatic hydroxyl groups excluding tert-OH is 2. The number of rotatable bonds is 7. The van der Waals surface area contributed by atoms with E-state index < -0.39 is 12.2 Å². The molecule has 0 rings (SSSR count). The maximum Gasteiger partial charge on any atom is 0.220 e. The number of carbonyl (C=O) groups is 1. The van der Waals surface area contributed by atoms with Crippen LogP contribution in [0.5, 0.6) is 0 Å². The van der Waals surface area contributed by atoms with Crippen molar-refractivity contribution in [3.8, 4) is 0 Å². The molecular weight excluding hydrogens is 182 g/mol. The summed E-state index contributed by atoms with van der Waals surface area (Å²) in [5.41, 5.74) is 0. The van der Waals surface area contributed by atoms with E-state index in [1.807, 2.05) is 6.92 Å². The molecule has 2 atom stereocenters. The normalized spacial score (nSPS) is 14.9. The monoisotopic (exact) mass is 203 g/mol. The van der Waals surface area contributed by atoms with Crippen LogP contribution in [0.25, 0.3) is 0 Å². The van der Waals surface area contributed by atoms with E-state index in [0.717, 1.165) is 6.42 Å². The van der Waals surface area contributed by atoms with Crippen LogP contribution in [0.4, 0.5) is 0 Å². The van der Waals surface area contributed by atoms with Crippen molar-refractivity contribution in [2.75, 3.05) is 6.54 Å². The zero-order valence-electron chi connectivity index (χ0n) is 8.99. The van der Waals surface area contributed by atoms with Gasteiger partial charge in [0.2, 0.25) is 5.91 Å². The van der Waals surface area contributed by atoms with E-state index in [0.29, 0.717) is 25.8 Å². The molecule has 0 bridgehead atoms. The molecular formula is C10H21NO3. The van der Waals surface area contributed by atoms with Crippen molar-refractivity contribution in [3.63, 3.8) is 0 Å². The van der Waals surface area contributed by atoms with Crippen LogP contribution in [0, 0.1) is 0 Å². The fourth-order valence-corrected chi connectivity index (χ4v) is 1.10. The van der Waals surface area contributed by atoms with Crippen molar-refractivity contribution in [1.82, 2.24) is 5.32 Å². The highest BCUT2D eigenvalue weighted by Crippen LogP contribution is 1.97. The van der Waals surface area contributed by atoms with Crippen molar-refractivity contribution < 1.29 is 15.0 Å². The molecule has 0 fully saturated rings. The molecule has 1 amide bonds. The Hall–Kier alpha value is -0.610. The summed E-state index contributed by atoms with van der Waals surface area (Å²) in [6.45, 7) is 3.95. The third-order valence-electron chi connectivity index (χ3n) is 1.95. The van der Waals surface area contributed by atoms with E-state index in [9.17, 15) is 9.90 Å². The Morgan fingerprint density at radius 1 is 1.36 bits per heavy atom. The van der Waals surface area contributed by atoms with Crippen LogP contribution >= 0.6 is 0 Å². The minimum Gasteiger partial charge on any atom is -0.393 e. The lowest BCUT2D eigenvalue weighted by Gasteiger charge is -2.10. The van der Waals surface area contributed by atoms with Gasteiger partial charge in [0, 0.05) is 13.0 Å². The van der Waals surface area contributed by atoms with Gasteiger partial charge in [-0.05, 0) is 19.8 Å². The molecule has 4 nitrogen and oxygen atoms in total. The predicted octanol–water partition coefficient (Wildman–Crippen LogP) is 0.425. The van der Waals surface area contributed by atoms with Gasteiger partial charge in [0.05, 0.1) is 12.2 Å². The number of carbonyl (C=O) groups excluding carboxylic acids is 1. The quantitative estimate of drug-likeness (QED) is 0.562. The molecule has 0 radical (unpaired) electrons. The molecule has 0 saturated carbocycles. The van der Waals surface area contributed by atoms with Gasteiger partial charge in [0.15, 0.2) is 0 Å². The maximum atomic E-state index is 11.1. The lowest BCUT2D eigenvalue weighted by Crippen LogP contribution is -2.32. The smallest absolute Gasteiger partial charge is 0.220 e. The first-order valence-electron chi connectivity index (χ1n) is 5.19. The Morgan fingerprint density at radius 3 is 2.50 bits per heavy atom. The van der Waals surface area contributed by atoms with Crippen LogP contribution in [-0.2, 0) is 4.79 Å². The number of amides is 1. The first kappa shape index (κ1) is 13.4. The van der Waals surface area contributed by atoms with Gasteiger partial charge in [-0.1, -0.05) is 13.3 Å². The third-order valence-corrected chi connectivity index (χ3v) is 1.95. The van der Waals surface area contributed by atoms with Crippen molar-refractivity contribution in [2.45, 2.75) is 51.7 Å². The molecule has 0 heterocycles. The molecule has 14 heavy (non-hydrogen) atoms. The highest BCUT2D eigenvalue weighted by Gasteiger charge is 2.06. The fraction of sp³-hybridized carbons (Fsp3) is 0.900.